The van der Waals surface area contributed by atoms with Crippen LogP contribution in [0.2, 0.25) is 0 Å². The molecule has 2 heterocycles. The van der Waals surface area contributed by atoms with Gasteiger partial charge in [0, 0.05) is 41.4 Å². The molecule has 0 radical (unpaired) electrons. The number of H-pyrrole nitrogens is 1. The Labute approximate surface area is 229 Å². The van der Waals surface area contributed by atoms with Gasteiger partial charge < -0.3 is 20.5 Å². The van der Waals surface area contributed by atoms with E-state index in [1.54, 1.807) is 6.92 Å². The van der Waals surface area contributed by atoms with E-state index in [0.717, 1.165) is 27.6 Å². The highest BCUT2D eigenvalue weighted by molar-refractivity contribution is 6.10. The summed E-state index contributed by atoms with van der Waals surface area (Å²) < 4.78 is 0. The van der Waals surface area contributed by atoms with Crippen LogP contribution in [0.4, 0.5) is 0 Å². The highest BCUT2D eigenvalue weighted by Crippen LogP contribution is 2.55. The number of aliphatic hydroxyl groups is 2. The second kappa shape index (κ2) is 10.4. The number of rotatable bonds is 2. The highest BCUT2D eigenvalue weighted by Gasteiger charge is 2.66. The van der Waals surface area contributed by atoms with Crippen LogP contribution in [0.15, 0.2) is 65.4 Å². The molecule has 206 valence electrons. The van der Waals surface area contributed by atoms with E-state index in [1.165, 1.54) is 0 Å². The number of aliphatic hydroxyl groups excluding tert-OH is 2. The summed E-state index contributed by atoms with van der Waals surface area (Å²) >= 11 is 0. The maximum atomic E-state index is 14.2. The molecule has 7 heteroatoms. The number of hydrogen-bond acceptors (Lipinski definition) is 5. The molecule has 2 aromatic rings. The van der Waals surface area contributed by atoms with Crippen molar-refractivity contribution in [2.75, 3.05) is 0 Å². The second-order valence-electron chi connectivity index (χ2n) is 11.7. The zero-order valence-corrected chi connectivity index (χ0v) is 23.0. The van der Waals surface area contributed by atoms with E-state index in [1.807, 2.05) is 69.5 Å². The van der Waals surface area contributed by atoms with Crippen LogP contribution in [0.3, 0.4) is 0 Å². The number of fused-ring (bicyclic) bond motifs is 1. The predicted molar refractivity (Wildman–Crippen MR) is 150 cm³/mol. The summed E-state index contributed by atoms with van der Waals surface area (Å²) in [7, 11) is 0. The molecule has 0 saturated carbocycles. The number of ketones is 2. The van der Waals surface area contributed by atoms with Crippen LogP contribution in [-0.4, -0.2) is 50.9 Å². The van der Waals surface area contributed by atoms with Gasteiger partial charge >= 0.3 is 0 Å². The van der Waals surface area contributed by atoms with Crippen molar-refractivity contribution < 1.29 is 24.6 Å². The van der Waals surface area contributed by atoms with Crippen molar-refractivity contribution in [2.45, 2.75) is 71.6 Å². The van der Waals surface area contributed by atoms with Crippen molar-refractivity contribution >= 4 is 28.4 Å². The van der Waals surface area contributed by atoms with Gasteiger partial charge in [-0.1, -0.05) is 48.9 Å². The van der Waals surface area contributed by atoms with Crippen molar-refractivity contribution in [3.63, 3.8) is 0 Å². The van der Waals surface area contributed by atoms with Crippen molar-refractivity contribution in [1.29, 1.82) is 0 Å². The van der Waals surface area contributed by atoms with Crippen molar-refractivity contribution in [3.05, 3.63) is 71.0 Å². The first-order valence-electron chi connectivity index (χ1n) is 13.9. The van der Waals surface area contributed by atoms with E-state index in [4.69, 9.17) is 0 Å². The van der Waals surface area contributed by atoms with Crippen LogP contribution >= 0.6 is 0 Å². The molecule has 0 bridgehead atoms. The van der Waals surface area contributed by atoms with Gasteiger partial charge in [0.25, 0.3) is 0 Å². The Hall–Kier alpha value is -3.29. The number of amides is 1. The van der Waals surface area contributed by atoms with Crippen LogP contribution in [-0.2, 0) is 20.8 Å². The minimum absolute atomic E-state index is 0.00624. The Bertz CT molecular complexity index is 1410. The van der Waals surface area contributed by atoms with Crippen LogP contribution in [0, 0.1) is 23.2 Å². The minimum Gasteiger partial charge on any atom is -0.388 e. The van der Waals surface area contributed by atoms with Crippen molar-refractivity contribution in [1.82, 2.24) is 10.3 Å². The summed E-state index contributed by atoms with van der Waals surface area (Å²) in [5, 5.41) is 26.4. The lowest BCUT2D eigenvalue weighted by atomic mass is 9.54. The van der Waals surface area contributed by atoms with Crippen LogP contribution in [0.25, 0.3) is 10.9 Å². The molecule has 7 nitrogen and oxygen atoms in total. The molecule has 1 aromatic carbocycles. The summed E-state index contributed by atoms with van der Waals surface area (Å²) in [6, 6.07) is 7.63. The fraction of sp³-hybridized carbons (Fsp3) is 0.469. The van der Waals surface area contributed by atoms with Gasteiger partial charge in [0.2, 0.25) is 5.91 Å². The number of aromatic amines is 1. The molecule has 5 rings (SSSR count). The maximum Gasteiger partial charge on any atom is 0.235 e. The third-order valence-corrected chi connectivity index (χ3v) is 9.28. The summed E-state index contributed by atoms with van der Waals surface area (Å²) in [6.45, 7) is 7.45. The number of hydrogen-bond donors (Lipinski definition) is 4. The zero-order chi connectivity index (χ0) is 28.1. The number of benzene rings is 1. The van der Waals surface area contributed by atoms with E-state index < -0.39 is 35.2 Å². The third-order valence-electron chi connectivity index (χ3n) is 9.28. The maximum absolute atomic E-state index is 14.2. The van der Waals surface area contributed by atoms with Gasteiger partial charge in [-0.3, -0.25) is 14.4 Å². The average Bonchev–Trinajstić information content (AvgIpc) is 3.45. The molecule has 7 atom stereocenters. The molecule has 4 N–H and O–H groups in total. The largest absolute Gasteiger partial charge is 0.388 e. The number of Topliss-reactive ketones (excluding diaryl/α,β-unsaturated/α-hetero) is 2. The Morgan fingerprint density at radius 3 is 2.56 bits per heavy atom. The molecule has 2 aliphatic carbocycles. The van der Waals surface area contributed by atoms with Gasteiger partial charge in [0.15, 0.2) is 5.78 Å². The number of allylic oxidation sites excluding steroid dienone is 2. The lowest BCUT2D eigenvalue weighted by molar-refractivity contribution is -0.148. The fourth-order valence-electron chi connectivity index (χ4n) is 7.16. The predicted octanol–water partition coefficient (Wildman–Crippen LogP) is 3.96. The number of carbonyl (C=O) groups is 3. The van der Waals surface area contributed by atoms with Crippen LogP contribution in [0.1, 0.15) is 52.5 Å². The number of carbonyl (C=O) groups excluding carboxylic acids is 3. The van der Waals surface area contributed by atoms with E-state index in [2.05, 4.69) is 10.3 Å². The topological polar surface area (TPSA) is 119 Å². The monoisotopic (exact) mass is 530 g/mol. The molecular formula is C32H38N2O5. The first kappa shape index (κ1) is 27.3. The van der Waals surface area contributed by atoms with Gasteiger partial charge in [-0.2, -0.15) is 0 Å². The fourth-order valence-corrected chi connectivity index (χ4v) is 7.16. The quantitative estimate of drug-likeness (QED) is 0.346. The molecule has 1 amide bonds. The standard InChI is InChI=1S/C32H38N2O5/c1-17-8-7-10-23-30(38)20(4)19(3)28-25(15-21-16-33-24-11-6-5-9-22(21)24)34-31(39)32(23,28)27(36)13-12-26(35)29(37)18(2)14-17/h5-7,9-11,14,16-17,23,25-26,28,30,33,35,38H,8,12-13,15H2,1-4H3,(H,34,39)/b10-7-,18-14-. The average molecular weight is 531 g/mol. The van der Waals surface area contributed by atoms with E-state index in [0.29, 0.717) is 18.4 Å². The van der Waals surface area contributed by atoms with Gasteiger partial charge in [0.1, 0.15) is 17.3 Å². The highest BCUT2D eigenvalue weighted by atomic mass is 16.3. The molecule has 39 heavy (non-hydrogen) atoms. The summed E-state index contributed by atoms with van der Waals surface area (Å²) in [6.07, 6.45) is 6.11. The second-order valence-corrected chi connectivity index (χ2v) is 11.7. The zero-order valence-electron chi connectivity index (χ0n) is 23.0. The lowest BCUT2D eigenvalue weighted by Gasteiger charge is -2.46. The molecule has 7 unspecified atom stereocenters. The van der Waals surface area contributed by atoms with E-state index in [9.17, 15) is 24.6 Å². The van der Waals surface area contributed by atoms with E-state index >= 15 is 0 Å². The number of aromatic nitrogens is 1. The molecular weight excluding hydrogens is 492 g/mol. The van der Waals surface area contributed by atoms with Gasteiger partial charge in [0.05, 0.1) is 6.10 Å². The van der Waals surface area contributed by atoms with Crippen LogP contribution in [0.5, 0.6) is 0 Å². The normalized spacial score (nSPS) is 36.3. The Kier molecular flexibility index (Phi) is 7.25. The number of nitrogens with one attached hydrogen (secondary N) is 2. The molecule has 1 saturated heterocycles. The lowest BCUT2D eigenvalue weighted by Crippen LogP contribution is -2.55. The minimum atomic E-state index is -1.53. The summed E-state index contributed by atoms with van der Waals surface area (Å²) in [4.78, 5) is 44.4. The van der Waals surface area contributed by atoms with Gasteiger partial charge in [-0.25, -0.2) is 0 Å². The molecule has 1 aliphatic heterocycles. The molecule has 1 fully saturated rings. The van der Waals surface area contributed by atoms with Gasteiger partial charge in [-0.15, -0.1) is 0 Å². The Morgan fingerprint density at radius 1 is 1.05 bits per heavy atom. The van der Waals surface area contributed by atoms with E-state index in [-0.39, 0.29) is 36.5 Å². The molecule has 3 aliphatic rings. The Balaban J connectivity index is 1.61. The SMILES string of the molecule is CC1=C(C)C2C(Cc3c[nH]c4ccccc34)NC(=O)C23C(=O)CCC(O)C(=O)/C(C)=C\C(C)C/C=C\C3C1O. The summed E-state index contributed by atoms with van der Waals surface area (Å²) in [5.74, 6) is -2.34. The first-order valence-corrected chi connectivity index (χ1v) is 13.9. The smallest absolute Gasteiger partial charge is 0.235 e. The van der Waals surface area contributed by atoms with Crippen molar-refractivity contribution in [3.8, 4) is 0 Å². The summed E-state index contributed by atoms with van der Waals surface area (Å²) in [5.41, 5.74) is 2.61. The molecule has 1 spiro atoms. The van der Waals surface area contributed by atoms with Crippen LogP contribution < -0.4 is 5.32 Å². The number of para-hydroxylation sites is 1. The Morgan fingerprint density at radius 2 is 1.79 bits per heavy atom. The first-order chi connectivity index (χ1) is 18.6. The van der Waals surface area contributed by atoms with Gasteiger partial charge in [-0.05, 0) is 68.7 Å². The van der Waals surface area contributed by atoms with Crippen molar-refractivity contribution in [2.24, 2.45) is 23.2 Å². The third kappa shape index (κ3) is 4.42. The molecule has 1 aromatic heterocycles.